The summed E-state index contributed by atoms with van der Waals surface area (Å²) in [5.74, 6) is 0.378. The average molecular weight is 237 g/mol. The van der Waals surface area contributed by atoms with Crippen molar-refractivity contribution in [2.75, 3.05) is 26.2 Å². The van der Waals surface area contributed by atoms with Crippen molar-refractivity contribution < 1.29 is 9.50 Å². The minimum Gasteiger partial charge on any atom is -0.395 e. The van der Waals surface area contributed by atoms with Gasteiger partial charge in [-0.2, -0.15) is 0 Å². The molecule has 1 saturated heterocycles. The van der Waals surface area contributed by atoms with E-state index in [0.29, 0.717) is 5.92 Å². The van der Waals surface area contributed by atoms with Gasteiger partial charge >= 0.3 is 0 Å². The zero-order chi connectivity index (χ0) is 12.1. The van der Waals surface area contributed by atoms with Crippen LogP contribution in [0.5, 0.6) is 0 Å². The van der Waals surface area contributed by atoms with Crippen LogP contribution in [0.15, 0.2) is 24.3 Å². The highest BCUT2D eigenvalue weighted by Crippen LogP contribution is 2.27. The molecule has 1 heterocycles. The van der Waals surface area contributed by atoms with Crippen LogP contribution in [0, 0.1) is 5.82 Å². The Morgan fingerprint density at radius 3 is 2.65 bits per heavy atom. The molecular weight excluding hydrogens is 217 g/mol. The fourth-order valence-corrected chi connectivity index (χ4v) is 2.59. The van der Waals surface area contributed by atoms with Crippen molar-refractivity contribution in [3.63, 3.8) is 0 Å². The molecule has 94 valence electrons. The second-order valence-electron chi connectivity index (χ2n) is 4.74. The summed E-state index contributed by atoms with van der Waals surface area (Å²) < 4.78 is 12.9. The molecule has 0 aliphatic carbocycles. The molecule has 1 fully saturated rings. The van der Waals surface area contributed by atoms with E-state index in [1.54, 1.807) is 12.1 Å². The first kappa shape index (κ1) is 12.5. The quantitative estimate of drug-likeness (QED) is 0.872. The Labute approximate surface area is 102 Å². The molecule has 0 spiro atoms. The molecular formula is C14H20FNO. The zero-order valence-electron chi connectivity index (χ0n) is 10.1. The molecule has 0 saturated carbocycles. The maximum Gasteiger partial charge on any atom is 0.123 e. The van der Waals surface area contributed by atoms with Crippen LogP contribution in [0.1, 0.15) is 30.7 Å². The van der Waals surface area contributed by atoms with Crippen molar-refractivity contribution >= 4 is 0 Å². The van der Waals surface area contributed by atoms with Crippen molar-refractivity contribution in [1.82, 2.24) is 4.90 Å². The number of rotatable bonds is 3. The number of halogens is 1. The van der Waals surface area contributed by atoms with Gasteiger partial charge in [0.2, 0.25) is 0 Å². The van der Waals surface area contributed by atoms with Crippen LogP contribution in [0.2, 0.25) is 0 Å². The number of likely N-dealkylation sites (tertiary alicyclic amines) is 1. The smallest absolute Gasteiger partial charge is 0.123 e. The predicted molar refractivity (Wildman–Crippen MR) is 66.5 cm³/mol. The first-order valence-corrected chi connectivity index (χ1v) is 6.38. The molecule has 1 aromatic carbocycles. The van der Waals surface area contributed by atoms with E-state index in [2.05, 4.69) is 4.90 Å². The van der Waals surface area contributed by atoms with Crippen LogP contribution < -0.4 is 0 Å². The number of aliphatic hydroxyl groups excluding tert-OH is 1. The lowest BCUT2D eigenvalue weighted by molar-refractivity contribution is 0.200. The van der Waals surface area contributed by atoms with Gasteiger partial charge in [-0.3, -0.25) is 0 Å². The van der Waals surface area contributed by atoms with Crippen LogP contribution in [0.25, 0.3) is 0 Å². The van der Waals surface area contributed by atoms with Gasteiger partial charge in [0.1, 0.15) is 5.82 Å². The molecule has 2 rings (SSSR count). The average Bonchev–Trinajstić information content (AvgIpc) is 2.56. The van der Waals surface area contributed by atoms with Crippen LogP contribution in [0.3, 0.4) is 0 Å². The molecule has 0 bridgehead atoms. The number of nitrogens with zero attached hydrogens (tertiary/aromatic N) is 1. The maximum atomic E-state index is 12.9. The van der Waals surface area contributed by atoms with E-state index in [-0.39, 0.29) is 12.4 Å². The third-order valence-corrected chi connectivity index (χ3v) is 3.58. The second kappa shape index (κ2) is 6.12. The third kappa shape index (κ3) is 3.51. The van der Waals surface area contributed by atoms with Gasteiger partial charge in [-0.1, -0.05) is 12.1 Å². The molecule has 1 atom stereocenters. The van der Waals surface area contributed by atoms with E-state index in [0.717, 1.165) is 38.9 Å². The van der Waals surface area contributed by atoms with Crippen LogP contribution >= 0.6 is 0 Å². The van der Waals surface area contributed by atoms with Gasteiger partial charge in [0, 0.05) is 6.54 Å². The SMILES string of the molecule is OCCN1CCC[C@@H](c2ccc(F)cc2)CC1. The largest absolute Gasteiger partial charge is 0.395 e. The highest BCUT2D eigenvalue weighted by molar-refractivity contribution is 5.20. The Hall–Kier alpha value is -0.930. The molecule has 0 aromatic heterocycles. The Bertz CT molecular complexity index is 339. The number of hydrogen-bond acceptors (Lipinski definition) is 2. The van der Waals surface area contributed by atoms with Gasteiger partial charge in [0.15, 0.2) is 0 Å². The lowest BCUT2D eigenvalue weighted by Gasteiger charge is -2.18. The zero-order valence-corrected chi connectivity index (χ0v) is 10.1. The van der Waals surface area contributed by atoms with E-state index in [1.165, 1.54) is 5.56 Å². The monoisotopic (exact) mass is 237 g/mol. The molecule has 1 N–H and O–H groups in total. The van der Waals surface area contributed by atoms with Gasteiger partial charge in [0.05, 0.1) is 6.61 Å². The number of hydrogen-bond donors (Lipinski definition) is 1. The fraction of sp³-hybridized carbons (Fsp3) is 0.571. The van der Waals surface area contributed by atoms with E-state index in [4.69, 9.17) is 5.11 Å². The van der Waals surface area contributed by atoms with Gasteiger partial charge in [-0.15, -0.1) is 0 Å². The van der Waals surface area contributed by atoms with Gasteiger partial charge < -0.3 is 10.0 Å². The Morgan fingerprint density at radius 1 is 1.18 bits per heavy atom. The predicted octanol–water partition coefficient (Wildman–Crippen LogP) is 2.39. The topological polar surface area (TPSA) is 23.5 Å². The Balaban J connectivity index is 1.96. The van der Waals surface area contributed by atoms with Crippen molar-refractivity contribution in [2.45, 2.75) is 25.2 Å². The van der Waals surface area contributed by atoms with Crippen molar-refractivity contribution in [2.24, 2.45) is 0 Å². The summed E-state index contributed by atoms with van der Waals surface area (Å²) in [6.45, 7) is 3.11. The van der Waals surface area contributed by atoms with Gasteiger partial charge in [-0.25, -0.2) is 4.39 Å². The first-order chi connectivity index (χ1) is 8.29. The van der Waals surface area contributed by atoms with E-state index >= 15 is 0 Å². The van der Waals surface area contributed by atoms with E-state index in [1.807, 2.05) is 12.1 Å². The van der Waals surface area contributed by atoms with Crippen LogP contribution in [0.4, 0.5) is 4.39 Å². The highest BCUT2D eigenvalue weighted by Gasteiger charge is 2.17. The fourth-order valence-electron chi connectivity index (χ4n) is 2.59. The molecule has 2 nitrogen and oxygen atoms in total. The summed E-state index contributed by atoms with van der Waals surface area (Å²) in [4.78, 5) is 2.31. The van der Waals surface area contributed by atoms with E-state index in [9.17, 15) is 4.39 Å². The summed E-state index contributed by atoms with van der Waals surface area (Å²) in [7, 11) is 0. The highest BCUT2D eigenvalue weighted by atomic mass is 19.1. The first-order valence-electron chi connectivity index (χ1n) is 6.38. The number of benzene rings is 1. The van der Waals surface area contributed by atoms with Crippen LogP contribution in [-0.4, -0.2) is 36.2 Å². The van der Waals surface area contributed by atoms with E-state index < -0.39 is 0 Å². The molecule has 0 radical (unpaired) electrons. The summed E-state index contributed by atoms with van der Waals surface area (Å²) in [5.41, 5.74) is 1.25. The lowest BCUT2D eigenvalue weighted by Crippen LogP contribution is -2.27. The van der Waals surface area contributed by atoms with Crippen molar-refractivity contribution in [3.8, 4) is 0 Å². The Morgan fingerprint density at radius 2 is 1.94 bits per heavy atom. The Kier molecular flexibility index (Phi) is 4.51. The van der Waals surface area contributed by atoms with Crippen molar-refractivity contribution in [1.29, 1.82) is 0 Å². The molecule has 1 aliphatic rings. The third-order valence-electron chi connectivity index (χ3n) is 3.58. The number of aliphatic hydroxyl groups is 1. The molecule has 17 heavy (non-hydrogen) atoms. The standard InChI is InChI=1S/C14H20FNO/c15-14-5-3-13(4-6-14)12-2-1-8-16(9-7-12)10-11-17/h3-6,12,17H,1-2,7-11H2/t12-/m1/s1. The molecule has 1 aromatic rings. The normalized spacial score (nSPS) is 22.4. The molecule has 1 aliphatic heterocycles. The molecule has 0 amide bonds. The minimum absolute atomic E-state index is 0.163. The van der Waals surface area contributed by atoms with Crippen molar-refractivity contribution in [3.05, 3.63) is 35.6 Å². The summed E-state index contributed by atoms with van der Waals surface area (Å²) in [5, 5.41) is 8.94. The van der Waals surface area contributed by atoms with Gasteiger partial charge in [-0.05, 0) is 56.0 Å². The van der Waals surface area contributed by atoms with Crippen LogP contribution in [-0.2, 0) is 0 Å². The molecule has 3 heteroatoms. The second-order valence-corrected chi connectivity index (χ2v) is 4.74. The number of β-amino-alcohol motifs (C(OH)–C–C–N with tert-alkyl or cyclic N) is 1. The lowest BCUT2D eigenvalue weighted by atomic mass is 9.92. The maximum absolute atomic E-state index is 12.9. The minimum atomic E-state index is -0.163. The summed E-state index contributed by atoms with van der Waals surface area (Å²) >= 11 is 0. The summed E-state index contributed by atoms with van der Waals surface area (Å²) in [6, 6.07) is 6.90. The molecule has 0 unspecified atom stereocenters. The summed E-state index contributed by atoms with van der Waals surface area (Å²) in [6.07, 6.45) is 3.42. The van der Waals surface area contributed by atoms with Gasteiger partial charge in [0.25, 0.3) is 0 Å².